The van der Waals surface area contributed by atoms with Crippen LogP contribution in [0.25, 0.3) is 0 Å². The topological polar surface area (TPSA) is 125 Å². The third kappa shape index (κ3) is 6.87. The fourth-order valence-electron chi connectivity index (χ4n) is 2.61. The van der Waals surface area contributed by atoms with Crippen LogP contribution in [0.2, 0.25) is 0 Å². The van der Waals surface area contributed by atoms with Gasteiger partial charge >= 0.3 is 6.03 Å². The standard InChI is InChI=1S/C20H26N6O3/c1-3-23-17-16(19(28)21-2)10-9-15(25-17)8-4-5-12-24-20(29)26-18(27)14-7-6-11-22-13-14/h6-7,9-11,13H,3-5,8,12H2,1-2H3,(H,21,28)(H,23,25)(H2,24,26,27,29). The van der Waals surface area contributed by atoms with Gasteiger partial charge in [0.1, 0.15) is 5.82 Å². The van der Waals surface area contributed by atoms with Gasteiger partial charge in [-0.25, -0.2) is 9.78 Å². The Morgan fingerprint density at radius 3 is 2.59 bits per heavy atom. The van der Waals surface area contributed by atoms with Crippen molar-refractivity contribution in [2.24, 2.45) is 0 Å². The first kappa shape index (κ1) is 21.8. The zero-order valence-corrected chi connectivity index (χ0v) is 16.6. The Labute approximate surface area is 169 Å². The summed E-state index contributed by atoms with van der Waals surface area (Å²) in [5, 5.41) is 10.6. The van der Waals surface area contributed by atoms with Crippen LogP contribution in [0.3, 0.4) is 0 Å². The maximum Gasteiger partial charge on any atom is 0.321 e. The molecule has 154 valence electrons. The van der Waals surface area contributed by atoms with Crippen molar-refractivity contribution < 1.29 is 14.4 Å². The predicted molar refractivity (Wildman–Crippen MR) is 110 cm³/mol. The van der Waals surface area contributed by atoms with E-state index in [1.807, 2.05) is 13.0 Å². The Bertz CT molecular complexity index is 841. The Morgan fingerprint density at radius 2 is 1.90 bits per heavy atom. The number of carbonyl (C=O) groups is 3. The largest absolute Gasteiger partial charge is 0.370 e. The van der Waals surface area contributed by atoms with E-state index in [4.69, 9.17) is 0 Å². The zero-order chi connectivity index (χ0) is 21.1. The van der Waals surface area contributed by atoms with Crippen LogP contribution in [0.1, 0.15) is 46.2 Å². The minimum absolute atomic E-state index is 0.184. The minimum atomic E-state index is -0.540. The highest BCUT2D eigenvalue weighted by atomic mass is 16.2. The minimum Gasteiger partial charge on any atom is -0.370 e. The molecule has 2 aromatic heterocycles. The number of pyridine rings is 2. The molecule has 0 aliphatic heterocycles. The first-order chi connectivity index (χ1) is 14.0. The third-order valence-electron chi connectivity index (χ3n) is 4.06. The molecule has 4 amide bonds. The molecule has 0 fully saturated rings. The smallest absolute Gasteiger partial charge is 0.321 e. The van der Waals surface area contributed by atoms with Crippen molar-refractivity contribution in [2.45, 2.75) is 26.2 Å². The van der Waals surface area contributed by atoms with Gasteiger partial charge in [-0.3, -0.25) is 19.9 Å². The van der Waals surface area contributed by atoms with E-state index in [0.29, 0.717) is 36.5 Å². The highest BCUT2D eigenvalue weighted by Gasteiger charge is 2.12. The van der Waals surface area contributed by atoms with Crippen molar-refractivity contribution in [2.75, 3.05) is 25.5 Å². The lowest BCUT2D eigenvalue weighted by molar-refractivity contribution is 0.0954. The number of hydrogen-bond donors (Lipinski definition) is 4. The van der Waals surface area contributed by atoms with Crippen molar-refractivity contribution in [3.8, 4) is 0 Å². The normalized spacial score (nSPS) is 10.1. The summed E-state index contributed by atoms with van der Waals surface area (Å²) < 4.78 is 0. The molecule has 0 saturated heterocycles. The maximum atomic E-state index is 11.9. The molecule has 0 saturated carbocycles. The fraction of sp³-hybridized carbons (Fsp3) is 0.350. The maximum absolute atomic E-state index is 11.9. The average molecular weight is 398 g/mol. The van der Waals surface area contributed by atoms with Crippen LogP contribution >= 0.6 is 0 Å². The van der Waals surface area contributed by atoms with Crippen molar-refractivity contribution >= 4 is 23.7 Å². The molecule has 0 spiro atoms. The highest BCUT2D eigenvalue weighted by Crippen LogP contribution is 2.15. The lowest BCUT2D eigenvalue weighted by atomic mass is 10.1. The number of carbonyl (C=O) groups excluding carboxylic acids is 3. The summed E-state index contributed by atoms with van der Waals surface area (Å²) in [6.07, 6.45) is 5.19. The van der Waals surface area contributed by atoms with Crippen LogP contribution in [-0.4, -0.2) is 48.0 Å². The number of anilines is 1. The molecule has 0 aliphatic carbocycles. The van der Waals surface area contributed by atoms with E-state index in [-0.39, 0.29) is 5.91 Å². The molecule has 2 heterocycles. The molecule has 2 aromatic rings. The molecule has 0 unspecified atom stereocenters. The molecule has 0 aromatic carbocycles. The second kappa shape index (κ2) is 11.4. The van der Waals surface area contributed by atoms with Crippen molar-refractivity contribution in [1.29, 1.82) is 0 Å². The van der Waals surface area contributed by atoms with Crippen LogP contribution in [0, 0.1) is 0 Å². The van der Waals surface area contributed by atoms with E-state index < -0.39 is 11.9 Å². The molecule has 9 nitrogen and oxygen atoms in total. The molecule has 0 aliphatic rings. The lowest BCUT2D eigenvalue weighted by Crippen LogP contribution is -2.39. The number of urea groups is 1. The number of rotatable bonds is 9. The first-order valence-corrected chi connectivity index (χ1v) is 9.50. The number of hydrogen-bond acceptors (Lipinski definition) is 6. The number of nitrogens with one attached hydrogen (secondary N) is 4. The second-order valence-corrected chi connectivity index (χ2v) is 6.22. The third-order valence-corrected chi connectivity index (χ3v) is 4.06. The Balaban J connectivity index is 1.74. The summed E-state index contributed by atoms with van der Waals surface area (Å²) in [5.41, 5.74) is 1.70. The number of aryl methyl sites for hydroxylation is 1. The molecule has 9 heteroatoms. The number of nitrogens with zero attached hydrogens (tertiary/aromatic N) is 2. The summed E-state index contributed by atoms with van der Waals surface area (Å²) in [6.45, 7) is 3.04. The molecule has 0 bridgehead atoms. The molecular formula is C20H26N6O3. The monoisotopic (exact) mass is 398 g/mol. The van der Waals surface area contributed by atoms with E-state index in [0.717, 1.165) is 18.5 Å². The van der Waals surface area contributed by atoms with Gasteiger partial charge in [-0.2, -0.15) is 0 Å². The number of imide groups is 1. The van der Waals surface area contributed by atoms with Gasteiger partial charge in [0.2, 0.25) is 0 Å². The summed E-state index contributed by atoms with van der Waals surface area (Å²) in [7, 11) is 1.58. The quantitative estimate of drug-likeness (QED) is 0.477. The van der Waals surface area contributed by atoms with Gasteiger partial charge in [0, 0.05) is 38.2 Å². The van der Waals surface area contributed by atoms with E-state index in [9.17, 15) is 14.4 Å². The first-order valence-electron chi connectivity index (χ1n) is 9.50. The fourth-order valence-corrected chi connectivity index (χ4v) is 2.61. The van der Waals surface area contributed by atoms with Crippen molar-refractivity contribution in [1.82, 2.24) is 25.9 Å². The van der Waals surface area contributed by atoms with Crippen LogP contribution in [0.15, 0.2) is 36.7 Å². The Kier molecular flexibility index (Phi) is 8.55. The number of amides is 4. The summed E-state index contributed by atoms with van der Waals surface area (Å²) >= 11 is 0. The summed E-state index contributed by atoms with van der Waals surface area (Å²) in [4.78, 5) is 43.9. The molecule has 0 atom stereocenters. The van der Waals surface area contributed by atoms with Gasteiger partial charge < -0.3 is 16.0 Å². The Morgan fingerprint density at radius 1 is 1.07 bits per heavy atom. The molecule has 2 rings (SSSR count). The predicted octanol–water partition coefficient (Wildman–Crippen LogP) is 1.73. The Hall–Kier alpha value is -3.49. The van der Waals surface area contributed by atoms with Crippen molar-refractivity contribution in [3.63, 3.8) is 0 Å². The highest BCUT2D eigenvalue weighted by molar-refractivity contribution is 6.04. The molecule has 0 radical (unpaired) electrons. The van der Waals surface area contributed by atoms with Crippen LogP contribution < -0.4 is 21.3 Å². The second-order valence-electron chi connectivity index (χ2n) is 6.22. The van der Waals surface area contributed by atoms with E-state index in [1.165, 1.54) is 6.20 Å². The van der Waals surface area contributed by atoms with Gasteiger partial charge in [0.25, 0.3) is 11.8 Å². The summed E-state index contributed by atoms with van der Waals surface area (Å²) in [6, 6.07) is 6.26. The van der Waals surface area contributed by atoms with Gasteiger partial charge in [-0.1, -0.05) is 0 Å². The van der Waals surface area contributed by atoms with Gasteiger partial charge in [0.15, 0.2) is 0 Å². The SMILES string of the molecule is CCNc1nc(CCCCNC(=O)NC(=O)c2cccnc2)ccc1C(=O)NC. The van der Waals surface area contributed by atoms with E-state index in [1.54, 1.807) is 31.4 Å². The number of unbranched alkanes of at least 4 members (excludes halogenated alkanes) is 1. The van der Waals surface area contributed by atoms with Crippen LogP contribution in [0.5, 0.6) is 0 Å². The zero-order valence-electron chi connectivity index (χ0n) is 16.6. The van der Waals surface area contributed by atoms with Gasteiger partial charge in [0.05, 0.1) is 11.1 Å². The van der Waals surface area contributed by atoms with Crippen LogP contribution in [-0.2, 0) is 6.42 Å². The molecule has 4 N–H and O–H groups in total. The lowest BCUT2D eigenvalue weighted by Gasteiger charge is -2.11. The van der Waals surface area contributed by atoms with Crippen molar-refractivity contribution in [3.05, 3.63) is 53.5 Å². The average Bonchev–Trinajstić information content (AvgIpc) is 2.74. The molecular weight excluding hydrogens is 372 g/mol. The van der Waals surface area contributed by atoms with Gasteiger partial charge in [-0.05, 0) is 50.5 Å². The van der Waals surface area contributed by atoms with E-state index in [2.05, 4.69) is 31.2 Å². The molecule has 29 heavy (non-hydrogen) atoms. The summed E-state index contributed by atoms with van der Waals surface area (Å²) in [5.74, 6) is -0.112. The van der Waals surface area contributed by atoms with E-state index >= 15 is 0 Å². The van der Waals surface area contributed by atoms with Crippen LogP contribution in [0.4, 0.5) is 10.6 Å². The number of aromatic nitrogens is 2. The van der Waals surface area contributed by atoms with Gasteiger partial charge in [-0.15, -0.1) is 0 Å².